The zero-order valence-corrected chi connectivity index (χ0v) is 31.4. The zero-order chi connectivity index (χ0) is 38.4. The molecule has 0 aliphatic heterocycles. The Morgan fingerprint density at radius 3 is 2.18 bits per heavy atom. The van der Waals surface area contributed by atoms with Crippen LogP contribution in [-0.4, -0.2) is 73.9 Å². The molecule has 284 valence electrons. The second-order valence-electron chi connectivity index (χ2n) is 11.7. The van der Waals surface area contributed by atoms with Crippen molar-refractivity contribution in [1.82, 2.24) is 20.9 Å². The zero-order valence-electron chi connectivity index (χ0n) is 31.4. The maximum atomic E-state index is 12.2. The maximum Gasteiger partial charge on any atom is 0.407 e. The molecule has 1 unspecified atom stereocenters. The van der Waals surface area contributed by atoms with Crippen LogP contribution in [0.1, 0.15) is 76.5 Å². The normalized spacial score (nSPS) is 11.4. The third-order valence-corrected chi connectivity index (χ3v) is 7.07. The van der Waals surface area contributed by atoms with Crippen LogP contribution in [0.4, 0.5) is 13.6 Å². The molecule has 0 heterocycles. The highest BCUT2D eigenvalue weighted by Crippen LogP contribution is 2.07. The van der Waals surface area contributed by atoms with E-state index < -0.39 is 23.8 Å². The Labute approximate surface area is 304 Å². The standard InChI is InChI=1S/C23H39N3O3.C10H15NO2.C7H6F2/c1-4-13-26(14-5-2)23(29)12-8-11-22(28)25-18-21(27)17-24-16-20-10-7-9-19(6-3)15-20;1-4-6-9(7-5-2)8-13-10(12)11-3;1-5-2-6(8)4-7(9)3-5/h7,9-10,15,21,24,27H,4-6,8,11-14,16-18H2,1-3H3,(H,25,28);4-7H,1,8H2,2-3H3,(H,11,12);2-4H,1H3/b;7-5-,9-6+;. The summed E-state index contributed by atoms with van der Waals surface area (Å²) in [6.45, 7) is 16.5. The fourth-order valence-electron chi connectivity index (χ4n) is 4.62. The topological polar surface area (TPSA) is 120 Å². The van der Waals surface area contributed by atoms with Crippen molar-refractivity contribution >= 4 is 17.9 Å². The summed E-state index contributed by atoms with van der Waals surface area (Å²) in [6.07, 6.45) is 10.3. The number of hydrogen-bond donors (Lipinski definition) is 4. The van der Waals surface area contributed by atoms with Crippen molar-refractivity contribution in [2.75, 3.05) is 39.8 Å². The lowest BCUT2D eigenvalue weighted by atomic mass is 10.1. The molecule has 0 aliphatic carbocycles. The van der Waals surface area contributed by atoms with Gasteiger partial charge in [-0.15, -0.1) is 0 Å². The Hall–Kier alpha value is -4.35. The van der Waals surface area contributed by atoms with Gasteiger partial charge < -0.3 is 30.7 Å². The van der Waals surface area contributed by atoms with E-state index in [4.69, 9.17) is 4.74 Å². The van der Waals surface area contributed by atoms with Crippen molar-refractivity contribution in [3.8, 4) is 0 Å². The molecule has 0 fully saturated rings. The maximum absolute atomic E-state index is 12.2. The van der Waals surface area contributed by atoms with Crippen LogP contribution in [0.5, 0.6) is 0 Å². The van der Waals surface area contributed by atoms with Crippen LogP contribution >= 0.6 is 0 Å². The number of hydrogen-bond acceptors (Lipinski definition) is 6. The molecule has 1 atom stereocenters. The van der Waals surface area contributed by atoms with Crippen molar-refractivity contribution < 1.29 is 33.0 Å². The predicted molar refractivity (Wildman–Crippen MR) is 202 cm³/mol. The number of halogens is 2. The molecule has 0 aromatic heterocycles. The number of aliphatic hydroxyl groups is 1. The third kappa shape index (κ3) is 24.4. The number of nitrogens with one attached hydrogen (secondary N) is 3. The van der Waals surface area contributed by atoms with E-state index in [1.54, 1.807) is 19.1 Å². The summed E-state index contributed by atoms with van der Waals surface area (Å²) in [6, 6.07) is 11.8. The third-order valence-electron chi connectivity index (χ3n) is 7.07. The van der Waals surface area contributed by atoms with Gasteiger partial charge in [-0.1, -0.05) is 75.9 Å². The SMILES string of the molecule is C=C/C=C(\C=C/C)COC(=O)NC.CCCN(CCC)C(=O)CCCC(=O)NCC(O)CNCc1cccc(CC)c1.Cc1cc(F)cc(F)c1. The van der Waals surface area contributed by atoms with E-state index in [0.717, 1.165) is 44.0 Å². The molecule has 9 nitrogen and oxygen atoms in total. The lowest BCUT2D eigenvalue weighted by molar-refractivity contribution is -0.131. The number of benzene rings is 2. The highest BCUT2D eigenvalue weighted by Gasteiger charge is 2.13. The summed E-state index contributed by atoms with van der Waals surface area (Å²) in [5.74, 6) is -1.04. The summed E-state index contributed by atoms with van der Waals surface area (Å²) in [5, 5.41) is 18.4. The molecule has 2 aromatic rings. The van der Waals surface area contributed by atoms with E-state index in [1.165, 1.54) is 30.3 Å². The van der Waals surface area contributed by atoms with Gasteiger partial charge in [-0.2, -0.15) is 0 Å². The molecule has 0 radical (unpaired) electrons. The lowest BCUT2D eigenvalue weighted by Crippen LogP contribution is -2.38. The van der Waals surface area contributed by atoms with E-state index >= 15 is 0 Å². The van der Waals surface area contributed by atoms with Crippen LogP contribution in [-0.2, 0) is 27.3 Å². The molecule has 4 N–H and O–H groups in total. The quantitative estimate of drug-likeness (QED) is 0.117. The summed E-state index contributed by atoms with van der Waals surface area (Å²) >= 11 is 0. The van der Waals surface area contributed by atoms with Gasteiger partial charge in [-0.3, -0.25) is 9.59 Å². The smallest absolute Gasteiger partial charge is 0.407 e. The fraction of sp³-hybridized carbons (Fsp3) is 0.475. The number of aryl methyl sites for hydroxylation is 2. The molecule has 51 heavy (non-hydrogen) atoms. The van der Waals surface area contributed by atoms with E-state index in [2.05, 4.69) is 61.5 Å². The fourth-order valence-corrected chi connectivity index (χ4v) is 4.62. The van der Waals surface area contributed by atoms with Crippen LogP contribution in [0, 0.1) is 18.6 Å². The first kappa shape index (κ1) is 46.6. The van der Waals surface area contributed by atoms with Crippen LogP contribution in [0.15, 0.2) is 78.9 Å². The number of aliphatic hydroxyl groups excluding tert-OH is 1. The molecule has 11 heteroatoms. The first-order valence-corrected chi connectivity index (χ1v) is 17.6. The molecule has 0 bridgehead atoms. The van der Waals surface area contributed by atoms with E-state index in [9.17, 15) is 28.3 Å². The first-order valence-electron chi connectivity index (χ1n) is 17.6. The van der Waals surface area contributed by atoms with Crippen molar-refractivity contribution in [2.24, 2.45) is 0 Å². The summed E-state index contributed by atoms with van der Waals surface area (Å²) in [5.41, 5.74) is 3.99. The second kappa shape index (κ2) is 29.4. The number of carbonyl (C=O) groups excluding carboxylic acids is 3. The van der Waals surface area contributed by atoms with E-state index in [0.29, 0.717) is 37.9 Å². The van der Waals surface area contributed by atoms with Gasteiger partial charge in [0.05, 0.1) is 6.10 Å². The minimum atomic E-state index is -0.639. The van der Waals surface area contributed by atoms with Gasteiger partial charge in [-0.05, 0) is 73.9 Å². The molecule has 0 aliphatic rings. The Bertz CT molecular complexity index is 1310. The molecule has 0 saturated carbocycles. The predicted octanol–water partition coefficient (Wildman–Crippen LogP) is 6.94. The van der Waals surface area contributed by atoms with Gasteiger partial charge in [0.25, 0.3) is 0 Å². The molecule has 2 rings (SSSR count). The number of alkyl carbamates (subject to hydrolysis) is 1. The van der Waals surface area contributed by atoms with Crippen molar-refractivity contribution in [3.05, 3.63) is 107 Å². The minimum absolute atomic E-state index is 0.120. The Morgan fingerprint density at radius 2 is 1.63 bits per heavy atom. The average Bonchev–Trinajstić information content (AvgIpc) is 3.09. The van der Waals surface area contributed by atoms with Gasteiger partial charge in [0.15, 0.2) is 0 Å². The first-order chi connectivity index (χ1) is 24.4. The Kier molecular flexibility index (Phi) is 26.9. The summed E-state index contributed by atoms with van der Waals surface area (Å²) in [7, 11) is 1.52. The highest BCUT2D eigenvalue weighted by molar-refractivity contribution is 5.79. The van der Waals surface area contributed by atoms with Gasteiger partial charge in [0, 0.05) is 58.7 Å². The number of ether oxygens (including phenoxy) is 1. The van der Waals surface area contributed by atoms with Crippen molar-refractivity contribution in [3.63, 3.8) is 0 Å². The molecule has 0 spiro atoms. The molecule has 2 aromatic carbocycles. The van der Waals surface area contributed by atoms with Gasteiger partial charge in [0.2, 0.25) is 11.8 Å². The monoisotopic (exact) mass is 714 g/mol. The Morgan fingerprint density at radius 1 is 0.980 bits per heavy atom. The summed E-state index contributed by atoms with van der Waals surface area (Å²) < 4.78 is 29.2. The molecular formula is C40H60F2N4O5. The second-order valence-corrected chi connectivity index (χ2v) is 11.7. The number of nitrogens with zero attached hydrogens (tertiary/aromatic N) is 1. The number of rotatable bonds is 19. The molecule has 0 saturated heterocycles. The van der Waals surface area contributed by atoms with E-state index in [-0.39, 0.29) is 25.0 Å². The van der Waals surface area contributed by atoms with Crippen LogP contribution in [0.25, 0.3) is 0 Å². The van der Waals surface area contributed by atoms with Gasteiger partial charge in [-0.25, -0.2) is 13.6 Å². The highest BCUT2D eigenvalue weighted by atomic mass is 19.1. The van der Waals surface area contributed by atoms with Gasteiger partial charge in [0.1, 0.15) is 18.2 Å². The van der Waals surface area contributed by atoms with Crippen LogP contribution in [0.3, 0.4) is 0 Å². The number of carbonyl (C=O) groups is 3. The van der Waals surface area contributed by atoms with Crippen LogP contribution < -0.4 is 16.0 Å². The van der Waals surface area contributed by atoms with Crippen molar-refractivity contribution in [2.45, 2.75) is 85.8 Å². The number of amides is 3. The van der Waals surface area contributed by atoms with Crippen molar-refractivity contribution in [1.29, 1.82) is 0 Å². The molecule has 3 amide bonds. The largest absolute Gasteiger partial charge is 0.445 e. The Balaban J connectivity index is 0.000000924. The van der Waals surface area contributed by atoms with E-state index in [1.807, 2.05) is 30.0 Å². The minimum Gasteiger partial charge on any atom is -0.445 e. The lowest BCUT2D eigenvalue weighted by Gasteiger charge is -2.21. The van der Waals surface area contributed by atoms with Crippen LogP contribution in [0.2, 0.25) is 0 Å². The summed E-state index contributed by atoms with van der Waals surface area (Å²) in [4.78, 5) is 36.7. The molecular weight excluding hydrogens is 654 g/mol. The van der Waals surface area contributed by atoms with Gasteiger partial charge >= 0.3 is 6.09 Å². The average molecular weight is 715 g/mol. The number of allylic oxidation sites excluding steroid dienone is 3.